The summed E-state index contributed by atoms with van der Waals surface area (Å²) in [7, 11) is 5.66. The number of hydrogen-bond donors (Lipinski definition) is 1. The van der Waals surface area contributed by atoms with Gasteiger partial charge in [-0.3, -0.25) is 4.79 Å². The number of fused-ring (bicyclic) bond motifs is 2. The van der Waals surface area contributed by atoms with E-state index in [1.165, 1.54) is 11.1 Å². The number of likely N-dealkylation sites (tertiary alicyclic amines) is 1. The van der Waals surface area contributed by atoms with E-state index in [2.05, 4.69) is 24.4 Å². The summed E-state index contributed by atoms with van der Waals surface area (Å²) in [6, 6.07) is 11.8. The number of nitrogens with one attached hydrogen (secondary N) is 1. The van der Waals surface area contributed by atoms with Crippen molar-refractivity contribution in [3.05, 3.63) is 58.7 Å². The molecule has 5 heteroatoms. The van der Waals surface area contributed by atoms with Crippen LogP contribution in [-0.4, -0.2) is 44.7 Å². The number of nitrogens with zero attached hydrogens (tertiary/aromatic N) is 2. The Hall–Kier alpha value is -2.95. The maximum absolute atomic E-state index is 13.1. The van der Waals surface area contributed by atoms with Crippen LogP contribution in [0.1, 0.15) is 27.9 Å². The minimum absolute atomic E-state index is 0.0521. The normalized spacial score (nSPS) is 17.6. The summed E-state index contributed by atoms with van der Waals surface area (Å²) in [6.07, 6.45) is 2.99. The van der Waals surface area contributed by atoms with Crippen molar-refractivity contribution in [2.75, 3.05) is 38.0 Å². The highest BCUT2D eigenvalue weighted by molar-refractivity contribution is 5.96. The van der Waals surface area contributed by atoms with E-state index in [1.807, 2.05) is 54.2 Å². The fraction of sp³-hybridized carbons (Fsp3) is 0.318. The number of ether oxygens (including phenoxy) is 1. The molecule has 2 aliphatic heterocycles. The highest BCUT2D eigenvalue weighted by atomic mass is 16.5. The molecule has 27 heavy (non-hydrogen) atoms. The molecule has 2 heterocycles. The van der Waals surface area contributed by atoms with E-state index >= 15 is 0 Å². The SMILES string of the molecule is COc1ccc(C)c2c1NC1C(=C2)CCN1C(=O)c1ccc(N(C)C)cc1. The van der Waals surface area contributed by atoms with Gasteiger partial charge in [0.25, 0.3) is 5.91 Å². The summed E-state index contributed by atoms with van der Waals surface area (Å²) >= 11 is 0. The molecule has 0 aliphatic carbocycles. The first-order chi connectivity index (χ1) is 13.0. The lowest BCUT2D eigenvalue weighted by Gasteiger charge is -2.32. The Morgan fingerprint density at radius 1 is 1.19 bits per heavy atom. The van der Waals surface area contributed by atoms with Crippen molar-refractivity contribution in [3.8, 4) is 5.75 Å². The van der Waals surface area contributed by atoms with Gasteiger partial charge in [-0.25, -0.2) is 0 Å². The molecular formula is C22H25N3O2. The predicted molar refractivity (Wildman–Crippen MR) is 110 cm³/mol. The Labute approximate surface area is 160 Å². The zero-order valence-corrected chi connectivity index (χ0v) is 16.2. The van der Waals surface area contributed by atoms with Crippen LogP contribution in [0.15, 0.2) is 42.0 Å². The van der Waals surface area contributed by atoms with E-state index in [0.29, 0.717) is 12.1 Å². The van der Waals surface area contributed by atoms with Crippen LogP contribution in [0, 0.1) is 6.92 Å². The zero-order chi connectivity index (χ0) is 19.1. The summed E-state index contributed by atoms with van der Waals surface area (Å²) in [5.41, 5.74) is 6.37. The Morgan fingerprint density at radius 3 is 2.59 bits per heavy atom. The summed E-state index contributed by atoms with van der Waals surface area (Å²) in [6.45, 7) is 2.81. The average molecular weight is 363 g/mol. The molecule has 1 N–H and O–H groups in total. The average Bonchev–Trinajstić information content (AvgIpc) is 3.09. The third-order valence-corrected chi connectivity index (χ3v) is 5.45. The molecule has 0 saturated carbocycles. The van der Waals surface area contributed by atoms with Crippen LogP contribution in [0.3, 0.4) is 0 Å². The fourth-order valence-corrected chi connectivity index (χ4v) is 3.85. The molecule has 1 saturated heterocycles. The summed E-state index contributed by atoms with van der Waals surface area (Å²) < 4.78 is 5.53. The summed E-state index contributed by atoms with van der Waals surface area (Å²) in [4.78, 5) is 17.1. The van der Waals surface area contributed by atoms with Crippen molar-refractivity contribution in [2.45, 2.75) is 19.5 Å². The first kappa shape index (κ1) is 17.5. The lowest BCUT2D eigenvalue weighted by atomic mass is 9.97. The van der Waals surface area contributed by atoms with Crippen molar-refractivity contribution in [1.29, 1.82) is 0 Å². The molecule has 2 aromatic carbocycles. The maximum Gasteiger partial charge on any atom is 0.255 e. The second-order valence-corrected chi connectivity index (χ2v) is 7.33. The smallest absolute Gasteiger partial charge is 0.255 e. The Morgan fingerprint density at radius 2 is 1.93 bits per heavy atom. The van der Waals surface area contributed by atoms with E-state index < -0.39 is 0 Å². The number of carbonyl (C=O) groups excluding carboxylic acids is 1. The molecular weight excluding hydrogens is 338 g/mol. The second kappa shape index (κ2) is 6.65. The minimum atomic E-state index is -0.116. The molecule has 1 atom stereocenters. The molecule has 0 radical (unpaired) electrons. The largest absolute Gasteiger partial charge is 0.495 e. The van der Waals surface area contributed by atoms with E-state index in [1.54, 1.807) is 7.11 Å². The van der Waals surface area contributed by atoms with Gasteiger partial charge >= 0.3 is 0 Å². The van der Waals surface area contributed by atoms with Crippen molar-refractivity contribution in [3.63, 3.8) is 0 Å². The van der Waals surface area contributed by atoms with E-state index in [9.17, 15) is 4.79 Å². The molecule has 1 amide bonds. The monoisotopic (exact) mass is 363 g/mol. The minimum Gasteiger partial charge on any atom is -0.495 e. The van der Waals surface area contributed by atoms with Crippen LogP contribution in [0.4, 0.5) is 11.4 Å². The molecule has 0 aromatic heterocycles. The highest BCUT2D eigenvalue weighted by Crippen LogP contribution is 2.41. The van der Waals surface area contributed by atoms with Gasteiger partial charge in [0.2, 0.25) is 0 Å². The summed E-state index contributed by atoms with van der Waals surface area (Å²) in [5, 5.41) is 3.55. The van der Waals surface area contributed by atoms with Crippen molar-refractivity contribution >= 4 is 23.4 Å². The summed E-state index contributed by atoms with van der Waals surface area (Å²) in [5.74, 6) is 0.858. The van der Waals surface area contributed by atoms with Gasteiger partial charge in [-0.05, 0) is 60.9 Å². The number of aryl methyl sites for hydroxylation is 1. The van der Waals surface area contributed by atoms with Gasteiger partial charge in [-0.15, -0.1) is 0 Å². The predicted octanol–water partition coefficient (Wildman–Crippen LogP) is 3.75. The number of anilines is 2. The van der Waals surface area contributed by atoms with Crippen molar-refractivity contribution in [1.82, 2.24) is 4.90 Å². The van der Waals surface area contributed by atoms with Crippen LogP contribution < -0.4 is 15.0 Å². The first-order valence-electron chi connectivity index (χ1n) is 9.22. The number of benzene rings is 2. The zero-order valence-electron chi connectivity index (χ0n) is 16.2. The molecule has 4 rings (SSSR count). The third kappa shape index (κ3) is 2.93. The van der Waals surface area contributed by atoms with Gasteiger partial charge in [-0.1, -0.05) is 6.07 Å². The van der Waals surface area contributed by atoms with E-state index in [0.717, 1.165) is 29.1 Å². The number of methoxy groups -OCH3 is 1. The molecule has 140 valence electrons. The molecule has 5 nitrogen and oxygen atoms in total. The lowest BCUT2D eigenvalue weighted by molar-refractivity contribution is 0.0760. The molecule has 0 spiro atoms. The quantitative estimate of drug-likeness (QED) is 0.902. The Balaban J connectivity index is 1.63. The standard InChI is InChI=1S/C22H25N3O2/c1-14-5-10-19(27-4)20-18(14)13-16-11-12-25(21(16)23-20)22(26)15-6-8-17(9-7-15)24(2)3/h5-10,13,21,23H,11-12H2,1-4H3. The molecule has 2 aliphatic rings. The maximum atomic E-state index is 13.1. The van der Waals surface area contributed by atoms with Gasteiger partial charge in [-0.2, -0.15) is 0 Å². The fourth-order valence-electron chi connectivity index (χ4n) is 3.85. The highest BCUT2D eigenvalue weighted by Gasteiger charge is 2.36. The van der Waals surface area contributed by atoms with Gasteiger partial charge in [0.05, 0.1) is 12.8 Å². The van der Waals surface area contributed by atoms with Crippen molar-refractivity contribution < 1.29 is 9.53 Å². The van der Waals surface area contributed by atoms with Gasteiger partial charge < -0.3 is 19.9 Å². The molecule has 0 bridgehead atoms. The Bertz CT molecular complexity index is 916. The molecule has 2 aromatic rings. The van der Waals surface area contributed by atoms with Crippen LogP contribution in [-0.2, 0) is 0 Å². The van der Waals surface area contributed by atoms with Gasteiger partial charge in [0.1, 0.15) is 11.9 Å². The van der Waals surface area contributed by atoms with Gasteiger partial charge in [0.15, 0.2) is 0 Å². The number of hydrogen-bond acceptors (Lipinski definition) is 4. The van der Waals surface area contributed by atoms with E-state index in [-0.39, 0.29) is 12.1 Å². The number of rotatable bonds is 3. The molecule has 1 fully saturated rings. The van der Waals surface area contributed by atoms with Crippen LogP contribution in [0.2, 0.25) is 0 Å². The number of amides is 1. The number of carbonyl (C=O) groups is 1. The van der Waals surface area contributed by atoms with Crippen molar-refractivity contribution in [2.24, 2.45) is 0 Å². The van der Waals surface area contributed by atoms with Gasteiger partial charge in [0, 0.05) is 37.5 Å². The van der Waals surface area contributed by atoms with Crippen LogP contribution in [0.25, 0.3) is 6.08 Å². The second-order valence-electron chi connectivity index (χ2n) is 7.33. The topological polar surface area (TPSA) is 44.8 Å². The first-order valence-corrected chi connectivity index (χ1v) is 9.22. The van der Waals surface area contributed by atoms with E-state index in [4.69, 9.17) is 4.74 Å². The Kier molecular flexibility index (Phi) is 4.30. The lowest BCUT2D eigenvalue weighted by Crippen LogP contribution is -2.42. The third-order valence-electron chi connectivity index (χ3n) is 5.45. The van der Waals surface area contributed by atoms with Crippen LogP contribution in [0.5, 0.6) is 5.75 Å². The molecule has 1 unspecified atom stereocenters. The van der Waals surface area contributed by atoms with Crippen LogP contribution >= 0.6 is 0 Å².